The first kappa shape index (κ1) is 23.1. The van der Waals surface area contributed by atoms with Crippen molar-refractivity contribution in [2.75, 3.05) is 0 Å². The topological polar surface area (TPSA) is 77.8 Å². The molecule has 4 nitrogen and oxygen atoms in total. The smallest absolute Gasteiger partial charge is 0.335 e. The maximum absolute atomic E-state index is 11.0. The van der Waals surface area contributed by atoms with Gasteiger partial charge in [-0.05, 0) is 68.6 Å². The lowest BCUT2D eigenvalue weighted by atomic mass is 9.62. The predicted octanol–water partition coefficient (Wildman–Crippen LogP) is 4.98. The molecule has 1 aromatic rings. The first-order valence-corrected chi connectivity index (χ1v) is 11.4. The Morgan fingerprint density at radius 3 is 2.57 bits per heavy atom. The van der Waals surface area contributed by atoms with Gasteiger partial charge in [-0.3, -0.25) is 0 Å². The van der Waals surface area contributed by atoms with Crippen LogP contribution >= 0.6 is 11.6 Å². The number of alkyl halides is 1. The summed E-state index contributed by atoms with van der Waals surface area (Å²) in [5.41, 5.74) is 1.33. The fourth-order valence-corrected chi connectivity index (χ4v) is 5.56. The predicted molar refractivity (Wildman–Crippen MR) is 120 cm³/mol. The van der Waals surface area contributed by atoms with Gasteiger partial charge in [0.2, 0.25) is 0 Å². The standard InChI is InChI=1S/C25H33ClO4/c1-2-13-25(14-4-15-25)23(28)6-3-5-20-19(21(26)16-22(20)27)12-9-17-7-10-18(11-8-17)24(29)30/h2-3,5,7-8,10-11,19-23,27-28H,1,4,6,9,12-16H2,(H,29,30)/b5-3+/t19-,20-,21?,22?,23?/m1/s1. The number of allylic oxidation sites excluding steroid dienone is 1. The summed E-state index contributed by atoms with van der Waals surface area (Å²) in [5, 5.41) is 30.1. The molecule has 0 amide bonds. The lowest BCUT2D eigenvalue weighted by Gasteiger charge is -2.45. The Labute approximate surface area is 184 Å². The van der Waals surface area contributed by atoms with Crippen molar-refractivity contribution in [1.82, 2.24) is 0 Å². The molecule has 0 bridgehead atoms. The molecule has 5 atom stereocenters. The first-order chi connectivity index (χ1) is 14.4. The van der Waals surface area contributed by atoms with Gasteiger partial charge in [0.25, 0.3) is 0 Å². The molecule has 3 N–H and O–H groups in total. The van der Waals surface area contributed by atoms with Crippen LogP contribution in [-0.4, -0.2) is 38.9 Å². The van der Waals surface area contributed by atoms with Crippen molar-refractivity contribution in [2.24, 2.45) is 17.3 Å². The third-order valence-corrected chi connectivity index (χ3v) is 7.66. The number of aliphatic hydroxyl groups excluding tert-OH is 2. The third kappa shape index (κ3) is 5.16. The highest BCUT2D eigenvalue weighted by Gasteiger charge is 2.42. The van der Waals surface area contributed by atoms with Crippen molar-refractivity contribution >= 4 is 17.6 Å². The number of rotatable bonds is 10. The van der Waals surface area contributed by atoms with Gasteiger partial charge < -0.3 is 15.3 Å². The van der Waals surface area contributed by atoms with E-state index in [0.29, 0.717) is 12.8 Å². The molecule has 0 radical (unpaired) electrons. The second-order valence-electron chi connectivity index (χ2n) is 8.99. The zero-order chi connectivity index (χ0) is 21.7. The number of benzene rings is 1. The maximum atomic E-state index is 11.0. The largest absolute Gasteiger partial charge is 0.478 e. The van der Waals surface area contributed by atoms with E-state index in [2.05, 4.69) is 12.7 Å². The number of aromatic carboxylic acids is 1. The molecule has 1 aromatic carbocycles. The Morgan fingerprint density at radius 2 is 2.00 bits per heavy atom. The Morgan fingerprint density at radius 1 is 1.30 bits per heavy atom. The van der Waals surface area contributed by atoms with E-state index in [1.54, 1.807) is 12.1 Å². The summed E-state index contributed by atoms with van der Waals surface area (Å²) in [6.07, 6.45) is 12.0. The zero-order valence-electron chi connectivity index (χ0n) is 17.4. The Balaban J connectivity index is 1.58. The van der Waals surface area contributed by atoms with Gasteiger partial charge in [0.05, 0.1) is 17.8 Å². The second kappa shape index (κ2) is 10.1. The molecule has 30 heavy (non-hydrogen) atoms. The third-order valence-electron chi connectivity index (χ3n) is 7.16. The van der Waals surface area contributed by atoms with Crippen molar-refractivity contribution in [3.8, 4) is 0 Å². The molecule has 5 heteroatoms. The summed E-state index contributed by atoms with van der Waals surface area (Å²) in [7, 11) is 0. The minimum atomic E-state index is -0.926. The highest BCUT2D eigenvalue weighted by molar-refractivity contribution is 6.21. The monoisotopic (exact) mass is 432 g/mol. The van der Waals surface area contributed by atoms with Crippen molar-refractivity contribution < 1.29 is 20.1 Å². The molecule has 0 aromatic heterocycles. The summed E-state index contributed by atoms with van der Waals surface area (Å²) in [6.45, 7) is 3.83. The van der Waals surface area contributed by atoms with Gasteiger partial charge in [-0.25, -0.2) is 4.79 Å². The van der Waals surface area contributed by atoms with Crippen LogP contribution in [0.1, 0.15) is 60.9 Å². The highest BCUT2D eigenvalue weighted by Crippen LogP contribution is 2.48. The van der Waals surface area contributed by atoms with Gasteiger partial charge in [-0.1, -0.05) is 36.8 Å². The minimum absolute atomic E-state index is 0.0169. The highest BCUT2D eigenvalue weighted by atomic mass is 35.5. The molecule has 0 heterocycles. The molecule has 0 saturated heterocycles. The number of hydrogen-bond donors (Lipinski definition) is 3. The van der Waals surface area contributed by atoms with Crippen LogP contribution in [0.3, 0.4) is 0 Å². The van der Waals surface area contributed by atoms with E-state index < -0.39 is 12.1 Å². The number of aliphatic hydroxyl groups is 2. The van der Waals surface area contributed by atoms with Crippen LogP contribution in [0.4, 0.5) is 0 Å². The number of halogens is 1. The SMILES string of the molecule is C=CCC1(C(O)C/C=C/[C@H]2C(O)CC(Cl)[C@@H]2CCc2ccc(C(=O)O)cc2)CCC1. The summed E-state index contributed by atoms with van der Waals surface area (Å²) < 4.78 is 0. The van der Waals surface area contributed by atoms with Crippen LogP contribution in [0.2, 0.25) is 0 Å². The van der Waals surface area contributed by atoms with Crippen molar-refractivity contribution in [1.29, 1.82) is 0 Å². The molecular formula is C25H33ClO4. The molecule has 0 aliphatic heterocycles. The number of carboxylic acids is 1. The molecule has 2 aliphatic carbocycles. The number of hydrogen-bond acceptors (Lipinski definition) is 3. The van der Waals surface area contributed by atoms with Crippen LogP contribution < -0.4 is 0 Å². The lowest BCUT2D eigenvalue weighted by molar-refractivity contribution is -0.0304. The summed E-state index contributed by atoms with van der Waals surface area (Å²) in [4.78, 5) is 11.0. The van der Waals surface area contributed by atoms with E-state index in [4.69, 9.17) is 16.7 Å². The molecule has 2 fully saturated rings. The summed E-state index contributed by atoms with van der Waals surface area (Å²) in [6, 6.07) is 6.93. The van der Waals surface area contributed by atoms with Crippen molar-refractivity contribution in [2.45, 2.75) is 69.0 Å². The average molecular weight is 433 g/mol. The van der Waals surface area contributed by atoms with E-state index in [9.17, 15) is 15.0 Å². The molecule has 164 valence electrons. The molecule has 2 aliphatic rings. The fraction of sp³-hybridized carbons (Fsp3) is 0.560. The molecule has 3 rings (SSSR count). The van der Waals surface area contributed by atoms with Gasteiger partial charge in [0.1, 0.15) is 0 Å². The normalized spacial score (nSPS) is 28.9. The van der Waals surface area contributed by atoms with Crippen LogP contribution in [0.15, 0.2) is 49.1 Å². The molecule has 0 spiro atoms. The van der Waals surface area contributed by atoms with E-state index in [0.717, 1.165) is 37.7 Å². The van der Waals surface area contributed by atoms with E-state index in [1.807, 2.05) is 24.3 Å². The van der Waals surface area contributed by atoms with Crippen LogP contribution in [0.5, 0.6) is 0 Å². The molecular weight excluding hydrogens is 400 g/mol. The Bertz CT molecular complexity index is 753. The molecule has 3 unspecified atom stereocenters. The van der Waals surface area contributed by atoms with E-state index >= 15 is 0 Å². The van der Waals surface area contributed by atoms with Crippen LogP contribution in [-0.2, 0) is 6.42 Å². The first-order valence-electron chi connectivity index (χ1n) is 11.0. The average Bonchev–Trinajstić information content (AvgIpc) is 2.95. The van der Waals surface area contributed by atoms with Gasteiger partial charge in [0, 0.05) is 16.7 Å². The second-order valence-corrected chi connectivity index (χ2v) is 9.55. The molecule has 2 saturated carbocycles. The van der Waals surface area contributed by atoms with Crippen LogP contribution in [0.25, 0.3) is 0 Å². The van der Waals surface area contributed by atoms with Crippen LogP contribution in [0, 0.1) is 17.3 Å². The van der Waals surface area contributed by atoms with Crippen molar-refractivity contribution in [3.05, 3.63) is 60.2 Å². The van der Waals surface area contributed by atoms with Gasteiger partial charge in [0.15, 0.2) is 0 Å². The maximum Gasteiger partial charge on any atom is 0.335 e. The summed E-state index contributed by atoms with van der Waals surface area (Å²) in [5.74, 6) is -0.791. The number of aryl methyl sites for hydroxylation is 1. The Hall–Kier alpha value is -1.62. The van der Waals surface area contributed by atoms with Gasteiger partial charge >= 0.3 is 5.97 Å². The minimum Gasteiger partial charge on any atom is -0.478 e. The Kier molecular flexibility index (Phi) is 7.78. The van der Waals surface area contributed by atoms with Gasteiger partial charge in [-0.2, -0.15) is 0 Å². The van der Waals surface area contributed by atoms with E-state index in [1.165, 1.54) is 6.42 Å². The quantitative estimate of drug-likeness (QED) is 0.360. The lowest BCUT2D eigenvalue weighted by Crippen LogP contribution is -2.40. The zero-order valence-corrected chi connectivity index (χ0v) is 18.2. The fourth-order valence-electron chi connectivity index (χ4n) is 5.09. The summed E-state index contributed by atoms with van der Waals surface area (Å²) >= 11 is 6.56. The number of carboxylic acid groups (broad SMARTS) is 1. The van der Waals surface area contributed by atoms with Gasteiger partial charge in [-0.15, -0.1) is 18.2 Å². The van der Waals surface area contributed by atoms with Crippen molar-refractivity contribution in [3.63, 3.8) is 0 Å². The number of carbonyl (C=O) groups is 1. The van der Waals surface area contributed by atoms with E-state index in [-0.39, 0.29) is 34.3 Å².